The zero-order valence-corrected chi connectivity index (χ0v) is 24.2. The molecule has 9 heteroatoms. The van der Waals surface area contributed by atoms with Crippen molar-refractivity contribution >= 4 is 34.1 Å². The molecule has 1 fully saturated rings. The molecule has 0 spiro atoms. The van der Waals surface area contributed by atoms with Crippen molar-refractivity contribution in [2.24, 2.45) is 0 Å². The molecule has 0 radical (unpaired) electrons. The van der Waals surface area contributed by atoms with Crippen LogP contribution in [0, 0.1) is 11.3 Å². The standard InChI is InChI=1S/C32H40N8O/c1-4-30(41)38(19-9-16-33)21-17-34-31-27-15-20-39(29-14-7-11-24-10-5-6-13-26(24)29)23-28(27)35-32(36-31)40-18-8-12-25(22-40)37(2)3/h4-7,10-11,13-14,25H,1,8-9,12,15,17-23H2,2-3H3,(H,34,35,36). The van der Waals surface area contributed by atoms with Crippen molar-refractivity contribution in [2.75, 3.05) is 68.5 Å². The number of hydrogen-bond acceptors (Lipinski definition) is 8. The van der Waals surface area contributed by atoms with Crippen LogP contribution in [-0.4, -0.2) is 85.1 Å². The lowest BCUT2D eigenvalue weighted by Crippen LogP contribution is -2.46. The molecule has 1 amide bonds. The lowest BCUT2D eigenvalue weighted by Gasteiger charge is -2.37. The van der Waals surface area contributed by atoms with Gasteiger partial charge in [-0.1, -0.05) is 43.0 Å². The first kappa shape index (κ1) is 28.4. The lowest BCUT2D eigenvalue weighted by atomic mass is 10.0. The summed E-state index contributed by atoms with van der Waals surface area (Å²) in [6.45, 7) is 8.41. The molecule has 3 aromatic rings. The number of rotatable bonds is 10. The molecule has 3 heterocycles. The molecule has 1 N–H and O–H groups in total. The number of likely N-dealkylation sites (N-methyl/N-ethyl adjacent to an activating group) is 1. The molecule has 5 rings (SSSR count). The Labute approximate surface area is 243 Å². The minimum absolute atomic E-state index is 0.166. The highest BCUT2D eigenvalue weighted by Gasteiger charge is 2.28. The number of carbonyl (C=O) groups excluding carboxylic acids is 1. The summed E-state index contributed by atoms with van der Waals surface area (Å²) >= 11 is 0. The highest BCUT2D eigenvalue weighted by atomic mass is 16.2. The fraction of sp³-hybridized carbons (Fsp3) is 0.438. The van der Waals surface area contributed by atoms with E-state index >= 15 is 0 Å². The number of amides is 1. The van der Waals surface area contributed by atoms with Gasteiger partial charge in [0.1, 0.15) is 5.82 Å². The second kappa shape index (κ2) is 13.0. The van der Waals surface area contributed by atoms with Gasteiger partial charge in [-0.3, -0.25) is 4.79 Å². The van der Waals surface area contributed by atoms with E-state index in [-0.39, 0.29) is 5.91 Å². The molecule has 1 saturated heterocycles. The van der Waals surface area contributed by atoms with Gasteiger partial charge in [0.15, 0.2) is 0 Å². The average molecular weight is 553 g/mol. The number of nitrogens with one attached hydrogen (secondary N) is 1. The largest absolute Gasteiger partial charge is 0.368 e. The van der Waals surface area contributed by atoms with Gasteiger partial charge < -0.3 is 24.9 Å². The van der Waals surface area contributed by atoms with Crippen LogP contribution >= 0.6 is 0 Å². The van der Waals surface area contributed by atoms with Crippen molar-refractivity contribution in [1.82, 2.24) is 19.8 Å². The van der Waals surface area contributed by atoms with Gasteiger partial charge in [0.25, 0.3) is 0 Å². The smallest absolute Gasteiger partial charge is 0.246 e. The van der Waals surface area contributed by atoms with E-state index in [1.807, 2.05) is 0 Å². The fourth-order valence-corrected chi connectivity index (χ4v) is 5.91. The van der Waals surface area contributed by atoms with E-state index in [0.29, 0.717) is 38.6 Å². The summed E-state index contributed by atoms with van der Waals surface area (Å²) in [6.07, 6.45) is 4.70. The Bertz CT molecular complexity index is 1430. The van der Waals surface area contributed by atoms with Gasteiger partial charge in [-0.15, -0.1) is 0 Å². The van der Waals surface area contributed by atoms with Crippen molar-refractivity contribution in [3.63, 3.8) is 0 Å². The normalized spacial score (nSPS) is 16.8. The van der Waals surface area contributed by atoms with Crippen molar-refractivity contribution in [3.8, 4) is 6.07 Å². The van der Waals surface area contributed by atoms with Crippen LogP contribution in [0.4, 0.5) is 17.5 Å². The third kappa shape index (κ3) is 6.44. The van der Waals surface area contributed by atoms with Gasteiger partial charge in [0.2, 0.25) is 11.9 Å². The van der Waals surface area contributed by atoms with E-state index < -0.39 is 0 Å². The molecule has 2 aliphatic rings. The number of aromatic nitrogens is 2. The van der Waals surface area contributed by atoms with E-state index in [0.717, 1.165) is 55.5 Å². The molecule has 1 unspecified atom stereocenters. The first-order valence-corrected chi connectivity index (χ1v) is 14.5. The predicted molar refractivity (Wildman–Crippen MR) is 165 cm³/mol. The van der Waals surface area contributed by atoms with Crippen molar-refractivity contribution in [3.05, 3.63) is 66.4 Å². The van der Waals surface area contributed by atoms with E-state index in [9.17, 15) is 4.79 Å². The molecular weight excluding hydrogens is 512 g/mol. The van der Waals surface area contributed by atoms with E-state index in [1.54, 1.807) is 4.90 Å². The van der Waals surface area contributed by atoms with Gasteiger partial charge in [0.05, 0.1) is 24.7 Å². The van der Waals surface area contributed by atoms with Crippen LogP contribution in [0.5, 0.6) is 0 Å². The van der Waals surface area contributed by atoms with Crippen LogP contribution < -0.4 is 15.1 Å². The van der Waals surface area contributed by atoms with Crippen LogP contribution in [0.25, 0.3) is 10.8 Å². The third-order valence-electron chi connectivity index (χ3n) is 8.22. The van der Waals surface area contributed by atoms with Gasteiger partial charge in [-0.05, 0) is 50.9 Å². The predicted octanol–water partition coefficient (Wildman–Crippen LogP) is 4.06. The Morgan fingerprint density at radius 1 is 1.15 bits per heavy atom. The number of benzene rings is 2. The number of hydrogen-bond donors (Lipinski definition) is 1. The summed E-state index contributed by atoms with van der Waals surface area (Å²) in [5, 5.41) is 15.0. The molecule has 2 aromatic carbocycles. The Hall–Kier alpha value is -4.16. The molecule has 2 aliphatic heterocycles. The molecular formula is C32H40N8O. The Morgan fingerprint density at radius 2 is 1.98 bits per heavy atom. The zero-order valence-electron chi connectivity index (χ0n) is 24.2. The minimum atomic E-state index is -0.166. The second-order valence-corrected chi connectivity index (χ2v) is 11.0. The molecule has 0 bridgehead atoms. The van der Waals surface area contributed by atoms with Crippen molar-refractivity contribution < 1.29 is 4.79 Å². The number of fused-ring (bicyclic) bond motifs is 2. The van der Waals surface area contributed by atoms with Crippen LogP contribution in [0.2, 0.25) is 0 Å². The minimum Gasteiger partial charge on any atom is -0.368 e. The van der Waals surface area contributed by atoms with Gasteiger partial charge in [0, 0.05) is 61.9 Å². The summed E-state index contributed by atoms with van der Waals surface area (Å²) in [5.74, 6) is 1.45. The summed E-state index contributed by atoms with van der Waals surface area (Å²) in [7, 11) is 4.28. The van der Waals surface area contributed by atoms with Gasteiger partial charge >= 0.3 is 0 Å². The van der Waals surface area contributed by atoms with Gasteiger partial charge in [-0.2, -0.15) is 10.2 Å². The van der Waals surface area contributed by atoms with Crippen LogP contribution in [0.3, 0.4) is 0 Å². The number of piperidine rings is 1. The Kier molecular flexibility index (Phi) is 9.00. The molecule has 1 aromatic heterocycles. The second-order valence-electron chi connectivity index (χ2n) is 11.0. The van der Waals surface area contributed by atoms with E-state index in [4.69, 9.17) is 15.2 Å². The van der Waals surface area contributed by atoms with Crippen LogP contribution in [0.15, 0.2) is 55.1 Å². The average Bonchev–Trinajstić information content (AvgIpc) is 3.01. The molecule has 0 aliphatic carbocycles. The highest BCUT2D eigenvalue weighted by Crippen LogP contribution is 2.33. The topological polar surface area (TPSA) is 91.6 Å². The molecule has 0 saturated carbocycles. The molecule has 9 nitrogen and oxygen atoms in total. The summed E-state index contributed by atoms with van der Waals surface area (Å²) in [6, 6.07) is 17.6. The van der Waals surface area contributed by atoms with E-state index in [1.165, 1.54) is 29.0 Å². The van der Waals surface area contributed by atoms with E-state index in [2.05, 4.69) is 89.2 Å². The highest BCUT2D eigenvalue weighted by molar-refractivity contribution is 5.94. The lowest BCUT2D eigenvalue weighted by molar-refractivity contribution is -0.125. The Balaban J connectivity index is 1.43. The maximum atomic E-state index is 12.3. The third-order valence-corrected chi connectivity index (χ3v) is 8.22. The first-order chi connectivity index (χ1) is 20.0. The number of nitriles is 1. The maximum Gasteiger partial charge on any atom is 0.246 e. The molecule has 214 valence electrons. The maximum absolute atomic E-state index is 12.3. The SMILES string of the molecule is C=CC(=O)N(CCC#N)CCNc1nc(N2CCCC(N(C)C)C2)nc2c1CCN(c1cccc3ccccc13)C2. The quantitative estimate of drug-likeness (QED) is 0.377. The molecule has 41 heavy (non-hydrogen) atoms. The molecule has 1 atom stereocenters. The zero-order chi connectivity index (χ0) is 28.8. The van der Waals surface area contributed by atoms with Crippen LogP contribution in [-0.2, 0) is 17.8 Å². The summed E-state index contributed by atoms with van der Waals surface area (Å²) in [4.78, 5) is 31.3. The number of anilines is 3. The fourth-order valence-electron chi connectivity index (χ4n) is 5.91. The monoisotopic (exact) mass is 552 g/mol. The summed E-state index contributed by atoms with van der Waals surface area (Å²) in [5.41, 5.74) is 3.42. The Morgan fingerprint density at radius 3 is 2.78 bits per heavy atom. The van der Waals surface area contributed by atoms with Gasteiger partial charge in [-0.25, -0.2) is 4.98 Å². The first-order valence-electron chi connectivity index (χ1n) is 14.5. The number of carbonyl (C=O) groups is 1. The summed E-state index contributed by atoms with van der Waals surface area (Å²) < 4.78 is 0. The number of nitrogens with zero attached hydrogens (tertiary/aromatic N) is 7. The van der Waals surface area contributed by atoms with Crippen LogP contribution in [0.1, 0.15) is 30.5 Å². The van der Waals surface area contributed by atoms with Crippen molar-refractivity contribution in [1.29, 1.82) is 5.26 Å². The van der Waals surface area contributed by atoms with Crippen molar-refractivity contribution in [2.45, 2.75) is 38.3 Å².